The van der Waals surface area contributed by atoms with Crippen LogP contribution in [0.5, 0.6) is 11.5 Å². The molecule has 0 saturated carbocycles. The third-order valence-electron chi connectivity index (χ3n) is 3.19. The van der Waals surface area contributed by atoms with E-state index < -0.39 is 11.2 Å². The van der Waals surface area contributed by atoms with Gasteiger partial charge in [-0.2, -0.15) is 0 Å². The molecule has 5 heteroatoms. The number of carbonyl (C=O) groups excluding carboxylic acids is 1. The van der Waals surface area contributed by atoms with E-state index in [1.54, 1.807) is 4.90 Å². The summed E-state index contributed by atoms with van der Waals surface area (Å²) in [4.78, 5) is 14.2. The Morgan fingerprint density at radius 1 is 1.15 bits per heavy atom. The number of rotatable bonds is 1. The minimum atomic E-state index is -0.455. The lowest BCUT2D eigenvalue weighted by Crippen LogP contribution is -2.58. The number of aromatic hydroxyl groups is 2. The van der Waals surface area contributed by atoms with Gasteiger partial charge in [0.1, 0.15) is 11.5 Å². The summed E-state index contributed by atoms with van der Waals surface area (Å²) in [6.07, 6.45) is 0. The second-order valence-electron chi connectivity index (χ2n) is 6.48. The van der Waals surface area contributed by atoms with Gasteiger partial charge in [-0.15, -0.1) is 0 Å². The van der Waals surface area contributed by atoms with Crippen molar-refractivity contribution in [1.82, 2.24) is 4.90 Å². The number of phenolic OH excluding ortho intramolecular Hbond substituents is 2. The summed E-state index contributed by atoms with van der Waals surface area (Å²) in [5, 5.41) is 19.3. The zero-order chi connectivity index (χ0) is 15.1. The van der Waals surface area contributed by atoms with Crippen LogP contribution in [0.15, 0.2) is 18.2 Å². The van der Waals surface area contributed by atoms with Gasteiger partial charge in [-0.05, 0) is 45.9 Å². The number of nitrogens with zero attached hydrogens (tertiary/aromatic N) is 1. The lowest BCUT2D eigenvalue weighted by Gasteiger charge is -2.47. The van der Waals surface area contributed by atoms with Crippen molar-refractivity contribution in [3.63, 3.8) is 0 Å². The number of hydrogen-bond donors (Lipinski definition) is 2. The van der Waals surface area contributed by atoms with Gasteiger partial charge in [-0.25, -0.2) is 0 Å². The van der Waals surface area contributed by atoms with E-state index in [9.17, 15) is 15.0 Å². The summed E-state index contributed by atoms with van der Waals surface area (Å²) in [7, 11) is 0. The van der Waals surface area contributed by atoms with Crippen molar-refractivity contribution < 1.29 is 19.7 Å². The predicted octanol–water partition coefficient (Wildman–Crippen LogP) is 2.13. The van der Waals surface area contributed by atoms with Crippen molar-refractivity contribution >= 4 is 5.91 Å². The summed E-state index contributed by atoms with van der Waals surface area (Å²) in [5.74, 6) is -0.476. The zero-order valence-electron chi connectivity index (χ0n) is 12.3. The van der Waals surface area contributed by atoms with E-state index >= 15 is 0 Å². The average molecular weight is 279 g/mol. The molecule has 1 heterocycles. The van der Waals surface area contributed by atoms with Crippen LogP contribution in [0.4, 0.5) is 0 Å². The quantitative estimate of drug-likeness (QED) is 0.773. The first kappa shape index (κ1) is 14.7. The minimum Gasteiger partial charge on any atom is -0.508 e. The average Bonchev–Trinajstić information content (AvgIpc) is 2.27. The highest BCUT2D eigenvalue weighted by molar-refractivity contribution is 5.97. The number of carbonyl (C=O) groups is 1. The van der Waals surface area contributed by atoms with Crippen molar-refractivity contribution in [2.75, 3.05) is 13.1 Å². The highest BCUT2D eigenvalue weighted by Gasteiger charge is 2.40. The Morgan fingerprint density at radius 2 is 1.70 bits per heavy atom. The third-order valence-corrected chi connectivity index (χ3v) is 3.19. The first-order valence-corrected chi connectivity index (χ1v) is 6.61. The smallest absolute Gasteiger partial charge is 0.257 e. The molecule has 5 nitrogen and oxygen atoms in total. The summed E-state index contributed by atoms with van der Waals surface area (Å²) in [5.41, 5.74) is -0.799. The fourth-order valence-corrected chi connectivity index (χ4v) is 2.80. The minimum absolute atomic E-state index is 0.0436. The maximum atomic E-state index is 12.5. The van der Waals surface area contributed by atoms with Crippen molar-refractivity contribution in [1.29, 1.82) is 0 Å². The molecule has 110 valence electrons. The van der Waals surface area contributed by atoms with E-state index in [2.05, 4.69) is 0 Å². The van der Waals surface area contributed by atoms with Gasteiger partial charge in [0.05, 0.1) is 16.8 Å². The van der Waals surface area contributed by atoms with Crippen LogP contribution in [0.25, 0.3) is 0 Å². The normalized spacial score (nSPS) is 20.7. The molecule has 1 amide bonds. The Bertz CT molecular complexity index is 521. The highest BCUT2D eigenvalue weighted by atomic mass is 16.5. The first-order valence-electron chi connectivity index (χ1n) is 6.61. The van der Waals surface area contributed by atoms with Gasteiger partial charge in [-0.1, -0.05) is 0 Å². The molecule has 0 spiro atoms. The van der Waals surface area contributed by atoms with Gasteiger partial charge in [0.25, 0.3) is 5.91 Å². The fourth-order valence-electron chi connectivity index (χ4n) is 2.80. The monoisotopic (exact) mass is 279 g/mol. The molecule has 0 aliphatic carbocycles. The molecular formula is C15H21NO4. The van der Waals surface area contributed by atoms with Gasteiger partial charge in [0.15, 0.2) is 0 Å². The molecule has 0 radical (unpaired) electrons. The second kappa shape index (κ2) is 4.66. The number of benzene rings is 1. The third kappa shape index (κ3) is 3.04. The summed E-state index contributed by atoms with van der Waals surface area (Å²) >= 11 is 0. The van der Waals surface area contributed by atoms with Gasteiger partial charge >= 0.3 is 0 Å². The maximum Gasteiger partial charge on any atom is 0.257 e. The topological polar surface area (TPSA) is 70.0 Å². The maximum absolute atomic E-state index is 12.5. The van der Waals surface area contributed by atoms with E-state index in [4.69, 9.17) is 4.74 Å². The Labute approximate surface area is 118 Å². The Hall–Kier alpha value is -1.75. The molecule has 1 aliphatic rings. The summed E-state index contributed by atoms with van der Waals surface area (Å²) in [6, 6.07) is 3.95. The van der Waals surface area contributed by atoms with E-state index in [0.29, 0.717) is 13.1 Å². The lowest BCUT2D eigenvalue weighted by atomic mass is 9.98. The molecule has 2 N–H and O–H groups in total. The second-order valence-corrected chi connectivity index (χ2v) is 6.48. The summed E-state index contributed by atoms with van der Waals surface area (Å²) in [6.45, 7) is 8.58. The van der Waals surface area contributed by atoms with Crippen LogP contribution in [0.3, 0.4) is 0 Å². The molecule has 0 unspecified atom stereocenters. The fraction of sp³-hybridized carbons (Fsp3) is 0.533. The number of ether oxygens (including phenoxy) is 1. The molecule has 0 aromatic heterocycles. The molecular weight excluding hydrogens is 258 g/mol. The van der Waals surface area contributed by atoms with Gasteiger partial charge in [0.2, 0.25) is 0 Å². The Kier molecular flexibility index (Phi) is 3.42. The SMILES string of the molecule is CC1(C)CN(C(=O)c2cc(O)ccc2O)CC(C)(C)O1. The van der Waals surface area contributed by atoms with Crippen molar-refractivity contribution in [2.45, 2.75) is 38.9 Å². The standard InChI is InChI=1S/C15H21NO4/c1-14(2)8-16(9-15(3,4)20-14)13(19)11-7-10(17)5-6-12(11)18/h5-7,17-18H,8-9H2,1-4H3. The molecule has 1 fully saturated rings. The van der Waals surface area contributed by atoms with E-state index in [1.165, 1.54) is 18.2 Å². The molecule has 2 rings (SSSR count). The van der Waals surface area contributed by atoms with Crippen LogP contribution < -0.4 is 0 Å². The van der Waals surface area contributed by atoms with Crippen molar-refractivity contribution in [2.24, 2.45) is 0 Å². The molecule has 1 saturated heterocycles. The van der Waals surface area contributed by atoms with Crippen LogP contribution in [-0.2, 0) is 4.74 Å². The lowest BCUT2D eigenvalue weighted by molar-refractivity contribution is -0.171. The highest BCUT2D eigenvalue weighted by Crippen LogP contribution is 2.31. The molecule has 1 aromatic carbocycles. The van der Waals surface area contributed by atoms with E-state index in [0.717, 1.165) is 0 Å². The van der Waals surface area contributed by atoms with Crippen LogP contribution in [0.1, 0.15) is 38.1 Å². The number of hydrogen-bond acceptors (Lipinski definition) is 4. The van der Waals surface area contributed by atoms with Gasteiger partial charge in [-0.3, -0.25) is 4.79 Å². The van der Waals surface area contributed by atoms with Crippen molar-refractivity contribution in [3.8, 4) is 11.5 Å². The molecule has 1 aromatic rings. The Morgan fingerprint density at radius 3 is 2.25 bits per heavy atom. The van der Waals surface area contributed by atoms with Crippen LogP contribution >= 0.6 is 0 Å². The molecule has 0 atom stereocenters. The zero-order valence-corrected chi connectivity index (χ0v) is 12.3. The predicted molar refractivity (Wildman–Crippen MR) is 74.9 cm³/mol. The van der Waals surface area contributed by atoms with Crippen molar-refractivity contribution in [3.05, 3.63) is 23.8 Å². The summed E-state index contributed by atoms with van der Waals surface area (Å²) < 4.78 is 5.93. The largest absolute Gasteiger partial charge is 0.508 e. The number of morpholine rings is 1. The first-order chi connectivity index (χ1) is 9.10. The molecule has 1 aliphatic heterocycles. The van der Waals surface area contributed by atoms with Gasteiger partial charge in [0, 0.05) is 13.1 Å². The molecule has 0 bridgehead atoms. The van der Waals surface area contributed by atoms with E-state index in [1.807, 2.05) is 27.7 Å². The van der Waals surface area contributed by atoms with Crippen LogP contribution in [-0.4, -0.2) is 45.3 Å². The Balaban J connectivity index is 2.31. The van der Waals surface area contributed by atoms with E-state index in [-0.39, 0.29) is 23.0 Å². The van der Waals surface area contributed by atoms with Crippen LogP contribution in [0.2, 0.25) is 0 Å². The van der Waals surface area contributed by atoms with Crippen LogP contribution in [0, 0.1) is 0 Å². The molecule has 20 heavy (non-hydrogen) atoms. The number of phenols is 2. The number of amides is 1. The van der Waals surface area contributed by atoms with Gasteiger partial charge < -0.3 is 19.8 Å².